The quantitative estimate of drug-likeness (QED) is 0.182. The van der Waals surface area contributed by atoms with E-state index in [1.54, 1.807) is 29.5 Å². The first-order valence-corrected chi connectivity index (χ1v) is 17.4. The van der Waals surface area contributed by atoms with Crippen LogP contribution in [0.25, 0.3) is 68.2 Å². The molecule has 0 fully saturated rings. The molecule has 54 heavy (non-hydrogen) atoms. The summed E-state index contributed by atoms with van der Waals surface area (Å²) in [6.07, 6.45) is 10.1. The Morgan fingerprint density at radius 1 is 0.500 bits per heavy atom. The number of benzene rings is 3. The number of hydrogen-bond acceptors (Lipinski definition) is 5. The zero-order chi connectivity index (χ0) is 36.4. The third-order valence-corrected chi connectivity index (χ3v) is 10.3. The van der Waals surface area contributed by atoms with Crippen LogP contribution in [0.4, 0.5) is 13.2 Å². The molecular weight excluding hydrogens is 682 g/mol. The Hall–Kier alpha value is -7.00. The lowest BCUT2D eigenvalue weighted by molar-refractivity contribution is -0.141. The molecule has 1 aliphatic carbocycles. The van der Waals surface area contributed by atoms with E-state index in [2.05, 4.69) is 27.2 Å². The summed E-state index contributed by atoms with van der Waals surface area (Å²) in [7, 11) is 0. The van der Waals surface area contributed by atoms with Crippen LogP contribution in [0.5, 0.6) is 0 Å². The molecule has 2 aliphatic rings. The summed E-state index contributed by atoms with van der Waals surface area (Å²) in [6.45, 7) is 0. The van der Waals surface area contributed by atoms with Crippen molar-refractivity contribution < 1.29 is 13.2 Å². The predicted octanol–water partition coefficient (Wildman–Crippen LogP) is 10.5. The molecule has 9 heteroatoms. The Bertz CT molecular complexity index is 2600. The lowest BCUT2D eigenvalue weighted by atomic mass is 9.74. The van der Waals surface area contributed by atoms with E-state index < -0.39 is 17.4 Å². The van der Waals surface area contributed by atoms with Crippen LogP contribution in [0, 0.1) is 0 Å². The van der Waals surface area contributed by atoms with Gasteiger partial charge in [-0.25, -0.2) is 4.68 Å². The van der Waals surface area contributed by atoms with Gasteiger partial charge in [0.15, 0.2) is 5.69 Å². The first-order chi connectivity index (χ1) is 26.4. The Morgan fingerprint density at radius 3 is 1.56 bits per heavy atom. The SMILES string of the molecule is FC(F)(F)c1cc2n(n1)C1(c3cc(-c4ccc(-c5cccnc5)nc4)ccc3C=Cc3ccc(-c4ccc(-c5cccnc5)nc4)cc31)c1ccccc1-2. The molecule has 10 rings (SSSR count). The van der Waals surface area contributed by atoms with Gasteiger partial charge < -0.3 is 0 Å². The molecule has 5 aromatic heterocycles. The molecule has 6 nitrogen and oxygen atoms in total. The van der Waals surface area contributed by atoms with Crippen molar-refractivity contribution in [3.05, 3.63) is 186 Å². The van der Waals surface area contributed by atoms with Crippen molar-refractivity contribution in [2.75, 3.05) is 0 Å². The van der Waals surface area contributed by atoms with Crippen LogP contribution in [-0.2, 0) is 11.7 Å². The first-order valence-electron chi connectivity index (χ1n) is 17.4. The lowest BCUT2D eigenvalue weighted by Crippen LogP contribution is -2.37. The number of hydrogen-bond donors (Lipinski definition) is 0. The molecule has 0 saturated carbocycles. The molecule has 258 valence electrons. The Kier molecular flexibility index (Phi) is 7.06. The number of nitrogens with zero attached hydrogens (tertiary/aromatic N) is 6. The van der Waals surface area contributed by atoms with Gasteiger partial charge >= 0.3 is 6.18 Å². The van der Waals surface area contributed by atoms with Crippen molar-refractivity contribution in [2.45, 2.75) is 11.7 Å². The zero-order valence-electron chi connectivity index (χ0n) is 28.4. The highest BCUT2D eigenvalue weighted by Gasteiger charge is 2.51. The molecule has 0 saturated heterocycles. The Morgan fingerprint density at radius 2 is 1.06 bits per heavy atom. The standard InChI is InChI=1S/C45H27F3N6/c46-45(47,48)43-23-42-36-7-1-2-8-37(36)44(54(42)53-43)38-21-30(32-15-17-40(51-26-32)34-5-3-19-49-24-34)13-11-28(38)9-10-29-12-14-31(22-39(29)44)33-16-18-41(52-27-33)35-6-4-20-50-25-35/h1-27H. The molecule has 1 aliphatic heterocycles. The molecule has 0 bridgehead atoms. The van der Waals surface area contributed by atoms with E-state index in [4.69, 9.17) is 9.97 Å². The van der Waals surface area contributed by atoms with Crippen LogP contribution in [0.15, 0.2) is 152 Å². The second kappa shape index (κ2) is 12.0. The number of alkyl halides is 3. The highest BCUT2D eigenvalue weighted by atomic mass is 19.4. The smallest absolute Gasteiger partial charge is 0.264 e. The summed E-state index contributed by atoms with van der Waals surface area (Å²) in [5.74, 6) is 0. The summed E-state index contributed by atoms with van der Waals surface area (Å²) in [5, 5.41) is 4.42. The van der Waals surface area contributed by atoms with Crippen LogP contribution >= 0.6 is 0 Å². The summed E-state index contributed by atoms with van der Waals surface area (Å²) >= 11 is 0. The second-order valence-electron chi connectivity index (χ2n) is 13.4. The fourth-order valence-electron chi connectivity index (χ4n) is 7.83. The van der Waals surface area contributed by atoms with E-state index >= 15 is 0 Å². The highest BCUT2D eigenvalue weighted by Crippen LogP contribution is 2.55. The monoisotopic (exact) mass is 708 g/mol. The van der Waals surface area contributed by atoms with Gasteiger partial charge in [0, 0.05) is 65.0 Å². The van der Waals surface area contributed by atoms with Gasteiger partial charge in [-0.2, -0.15) is 18.3 Å². The minimum absolute atomic E-state index is 0.400. The minimum Gasteiger partial charge on any atom is -0.264 e. The van der Waals surface area contributed by atoms with E-state index in [9.17, 15) is 13.2 Å². The maximum Gasteiger partial charge on any atom is 0.435 e. The van der Waals surface area contributed by atoms with Gasteiger partial charge in [-0.1, -0.05) is 72.8 Å². The number of pyridine rings is 4. The van der Waals surface area contributed by atoms with E-state index in [-0.39, 0.29) is 0 Å². The topological polar surface area (TPSA) is 69.4 Å². The highest BCUT2D eigenvalue weighted by molar-refractivity contribution is 5.87. The molecule has 0 unspecified atom stereocenters. The normalized spacial score (nSPS) is 13.5. The van der Waals surface area contributed by atoms with Crippen molar-refractivity contribution >= 4 is 12.2 Å². The molecule has 0 atom stereocenters. The molecule has 6 heterocycles. The average molecular weight is 709 g/mol. The molecular formula is C45H27F3N6. The molecule has 3 aromatic carbocycles. The van der Waals surface area contributed by atoms with E-state index in [0.717, 1.165) is 72.6 Å². The van der Waals surface area contributed by atoms with Crippen molar-refractivity contribution in [1.29, 1.82) is 0 Å². The van der Waals surface area contributed by atoms with Crippen molar-refractivity contribution in [3.63, 3.8) is 0 Å². The summed E-state index contributed by atoms with van der Waals surface area (Å²) in [6, 6.07) is 36.7. The molecule has 1 spiro atoms. The van der Waals surface area contributed by atoms with Crippen LogP contribution in [0.1, 0.15) is 33.5 Å². The fourth-order valence-corrected chi connectivity index (χ4v) is 7.83. The zero-order valence-corrected chi connectivity index (χ0v) is 28.4. The summed E-state index contributed by atoms with van der Waals surface area (Å²) < 4.78 is 45.1. The van der Waals surface area contributed by atoms with Gasteiger partial charge in [0.2, 0.25) is 0 Å². The van der Waals surface area contributed by atoms with Gasteiger partial charge in [0.1, 0.15) is 5.54 Å². The van der Waals surface area contributed by atoms with Gasteiger partial charge in [0.25, 0.3) is 0 Å². The van der Waals surface area contributed by atoms with Crippen LogP contribution in [-0.4, -0.2) is 29.7 Å². The average Bonchev–Trinajstić information content (AvgIpc) is 3.75. The number of fused-ring (bicyclic) bond motifs is 9. The van der Waals surface area contributed by atoms with Crippen LogP contribution < -0.4 is 0 Å². The van der Waals surface area contributed by atoms with Crippen molar-refractivity contribution in [2.24, 2.45) is 0 Å². The second-order valence-corrected chi connectivity index (χ2v) is 13.4. The first kappa shape index (κ1) is 31.7. The Balaban J connectivity index is 1.20. The van der Waals surface area contributed by atoms with Gasteiger partial charge in [-0.3, -0.25) is 19.9 Å². The third kappa shape index (κ3) is 4.93. The maximum absolute atomic E-state index is 14.5. The van der Waals surface area contributed by atoms with Gasteiger partial charge in [-0.15, -0.1) is 0 Å². The van der Waals surface area contributed by atoms with Crippen molar-refractivity contribution in [1.82, 2.24) is 29.7 Å². The van der Waals surface area contributed by atoms with Gasteiger partial charge in [-0.05, 0) is 93.5 Å². The van der Waals surface area contributed by atoms with Crippen LogP contribution in [0.2, 0.25) is 0 Å². The summed E-state index contributed by atoms with van der Waals surface area (Å²) in [5.41, 5.74) is 9.93. The lowest BCUT2D eigenvalue weighted by Gasteiger charge is -2.35. The number of aromatic nitrogens is 6. The fraction of sp³-hybridized carbons (Fsp3) is 0.0444. The third-order valence-electron chi connectivity index (χ3n) is 10.3. The molecule has 0 N–H and O–H groups in total. The number of rotatable bonds is 4. The molecule has 0 radical (unpaired) electrons. The summed E-state index contributed by atoms with van der Waals surface area (Å²) in [4.78, 5) is 17.9. The van der Waals surface area contributed by atoms with E-state index in [1.807, 2.05) is 122 Å². The molecule has 8 aromatic rings. The van der Waals surface area contributed by atoms with E-state index in [1.165, 1.54) is 6.07 Å². The van der Waals surface area contributed by atoms with Crippen LogP contribution in [0.3, 0.4) is 0 Å². The molecule has 0 amide bonds. The minimum atomic E-state index is -4.64. The predicted molar refractivity (Wildman–Crippen MR) is 203 cm³/mol. The Labute approximate surface area is 308 Å². The van der Waals surface area contributed by atoms with Crippen molar-refractivity contribution in [3.8, 4) is 56.0 Å². The largest absolute Gasteiger partial charge is 0.435 e. The number of halogens is 3. The van der Waals surface area contributed by atoms with Gasteiger partial charge in [0.05, 0.1) is 17.1 Å². The van der Waals surface area contributed by atoms with E-state index in [0.29, 0.717) is 11.3 Å². The maximum atomic E-state index is 14.5.